The Morgan fingerprint density at radius 1 is 0.900 bits per heavy atom. The second kappa shape index (κ2) is 6.96. The van der Waals surface area contributed by atoms with Crippen molar-refractivity contribution in [3.8, 4) is 11.5 Å². The molecule has 0 aliphatic carbocycles. The maximum atomic E-state index is 9.33. The molecule has 0 radical (unpaired) electrons. The molecule has 106 valence electrons. The van der Waals surface area contributed by atoms with Crippen LogP contribution in [0, 0.1) is 0 Å². The first-order chi connectivity index (χ1) is 9.67. The van der Waals surface area contributed by atoms with Crippen LogP contribution in [0.1, 0.15) is 18.1 Å². The molecule has 0 fully saturated rings. The third-order valence-corrected chi connectivity index (χ3v) is 3.02. The van der Waals surface area contributed by atoms with Gasteiger partial charge in [0.1, 0.15) is 18.1 Å². The molecule has 0 saturated carbocycles. The van der Waals surface area contributed by atoms with Gasteiger partial charge in [-0.2, -0.15) is 0 Å². The van der Waals surface area contributed by atoms with Gasteiger partial charge in [0.05, 0.1) is 13.2 Å². The molecule has 20 heavy (non-hydrogen) atoms. The summed E-state index contributed by atoms with van der Waals surface area (Å²) in [6, 6.07) is 15.6. The number of benzene rings is 2. The van der Waals surface area contributed by atoms with E-state index in [0.29, 0.717) is 13.0 Å². The third-order valence-electron chi connectivity index (χ3n) is 3.02. The number of ether oxygens (including phenoxy) is 2. The van der Waals surface area contributed by atoms with Gasteiger partial charge in [0, 0.05) is 0 Å². The first kappa shape index (κ1) is 14.4. The van der Waals surface area contributed by atoms with Crippen LogP contribution < -0.4 is 9.47 Å². The van der Waals surface area contributed by atoms with Gasteiger partial charge in [-0.25, -0.2) is 0 Å². The average Bonchev–Trinajstić information content (AvgIpc) is 2.46. The molecular weight excluding hydrogens is 252 g/mol. The summed E-state index contributed by atoms with van der Waals surface area (Å²) in [5.41, 5.74) is 2.20. The fourth-order valence-corrected chi connectivity index (χ4v) is 1.95. The smallest absolute Gasteiger partial charge is 0.119 e. The largest absolute Gasteiger partial charge is 0.497 e. The number of aliphatic hydroxyl groups is 1. The van der Waals surface area contributed by atoms with E-state index in [4.69, 9.17) is 9.47 Å². The van der Waals surface area contributed by atoms with E-state index in [1.807, 2.05) is 48.5 Å². The van der Waals surface area contributed by atoms with Crippen molar-refractivity contribution < 1.29 is 14.6 Å². The average molecular weight is 272 g/mol. The number of hydrogen-bond acceptors (Lipinski definition) is 3. The van der Waals surface area contributed by atoms with E-state index in [0.717, 1.165) is 22.6 Å². The summed E-state index contributed by atoms with van der Waals surface area (Å²) in [6.07, 6.45) is 0.347. The molecule has 0 spiro atoms. The number of hydrogen-bond donors (Lipinski definition) is 1. The summed E-state index contributed by atoms with van der Waals surface area (Å²) in [5.74, 6) is 1.67. The highest BCUT2D eigenvalue weighted by Gasteiger charge is 2.00. The Morgan fingerprint density at radius 3 is 2.00 bits per heavy atom. The third kappa shape index (κ3) is 4.28. The molecule has 0 heterocycles. The molecule has 2 aromatic rings. The minimum Gasteiger partial charge on any atom is -0.497 e. The van der Waals surface area contributed by atoms with Crippen LogP contribution in [0.5, 0.6) is 11.5 Å². The zero-order chi connectivity index (χ0) is 14.4. The standard InChI is InChI=1S/C17H20O3/c1-13(18)11-14-3-9-17(10-4-14)20-12-15-5-7-16(19-2)8-6-15/h3-10,13,18H,11-12H2,1-2H3. The van der Waals surface area contributed by atoms with Gasteiger partial charge in [0.2, 0.25) is 0 Å². The molecule has 0 bridgehead atoms. The minimum atomic E-state index is -0.318. The summed E-state index contributed by atoms with van der Waals surface area (Å²) in [6.45, 7) is 2.31. The molecule has 3 heteroatoms. The summed E-state index contributed by atoms with van der Waals surface area (Å²) in [5, 5.41) is 9.33. The van der Waals surface area contributed by atoms with E-state index >= 15 is 0 Å². The van der Waals surface area contributed by atoms with Crippen molar-refractivity contribution in [2.45, 2.75) is 26.1 Å². The van der Waals surface area contributed by atoms with Crippen LogP contribution in [-0.4, -0.2) is 18.3 Å². The van der Waals surface area contributed by atoms with Crippen LogP contribution in [0.2, 0.25) is 0 Å². The maximum absolute atomic E-state index is 9.33. The van der Waals surface area contributed by atoms with Crippen LogP contribution in [0.15, 0.2) is 48.5 Å². The Labute approximate surface area is 119 Å². The lowest BCUT2D eigenvalue weighted by atomic mass is 10.1. The topological polar surface area (TPSA) is 38.7 Å². The molecular formula is C17H20O3. The summed E-state index contributed by atoms with van der Waals surface area (Å²) in [4.78, 5) is 0. The van der Waals surface area contributed by atoms with E-state index in [1.54, 1.807) is 14.0 Å². The SMILES string of the molecule is COc1ccc(COc2ccc(CC(C)O)cc2)cc1. The Morgan fingerprint density at radius 2 is 1.45 bits per heavy atom. The highest BCUT2D eigenvalue weighted by atomic mass is 16.5. The van der Waals surface area contributed by atoms with E-state index < -0.39 is 0 Å². The van der Waals surface area contributed by atoms with Crippen molar-refractivity contribution in [1.82, 2.24) is 0 Å². The van der Waals surface area contributed by atoms with Crippen LogP contribution in [0.25, 0.3) is 0 Å². The van der Waals surface area contributed by atoms with Crippen molar-refractivity contribution in [1.29, 1.82) is 0 Å². The second-order valence-electron chi connectivity index (χ2n) is 4.83. The van der Waals surface area contributed by atoms with Crippen LogP contribution in [-0.2, 0) is 13.0 Å². The Bertz CT molecular complexity index is 515. The van der Waals surface area contributed by atoms with Crippen molar-refractivity contribution in [2.75, 3.05) is 7.11 Å². The lowest BCUT2D eigenvalue weighted by Crippen LogP contribution is -2.03. The van der Waals surface area contributed by atoms with Gasteiger partial charge in [0.15, 0.2) is 0 Å². The van der Waals surface area contributed by atoms with Crippen molar-refractivity contribution in [3.05, 3.63) is 59.7 Å². The highest BCUT2D eigenvalue weighted by Crippen LogP contribution is 2.17. The quantitative estimate of drug-likeness (QED) is 0.877. The molecule has 2 rings (SSSR count). The minimum absolute atomic E-state index is 0.318. The second-order valence-corrected chi connectivity index (χ2v) is 4.83. The highest BCUT2D eigenvalue weighted by molar-refractivity contribution is 5.29. The van der Waals surface area contributed by atoms with E-state index in [9.17, 15) is 5.11 Å². The Hall–Kier alpha value is -2.00. The van der Waals surface area contributed by atoms with Crippen LogP contribution in [0.4, 0.5) is 0 Å². The van der Waals surface area contributed by atoms with Crippen LogP contribution >= 0.6 is 0 Å². The Kier molecular flexibility index (Phi) is 5.02. The molecule has 0 aliphatic heterocycles. The van der Waals surface area contributed by atoms with E-state index in [1.165, 1.54) is 0 Å². The summed E-state index contributed by atoms with van der Waals surface area (Å²) in [7, 11) is 1.65. The predicted octanol–water partition coefficient (Wildman–Crippen LogP) is 3.20. The molecule has 1 atom stereocenters. The van der Waals surface area contributed by atoms with E-state index in [-0.39, 0.29) is 6.10 Å². The van der Waals surface area contributed by atoms with E-state index in [2.05, 4.69) is 0 Å². The summed E-state index contributed by atoms with van der Waals surface area (Å²) >= 11 is 0. The zero-order valence-corrected chi connectivity index (χ0v) is 11.9. The van der Waals surface area contributed by atoms with Crippen LogP contribution in [0.3, 0.4) is 0 Å². The number of methoxy groups -OCH3 is 1. The molecule has 2 aromatic carbocycles. The number of rotatable bonds is 6. The zero-order valence-electron chi connectivity index (χ0n) is 11.9. The molecule has 1 unspecified atom stereocenters. The maximum Gasteiger partial charge on any atom is 0.119 e. The first-order valence-corrected chi connectivity index (χ1v) is 6.70. The molecule has 0 aromatic heterocycles. The molecule has 0 amide bonds. The number of aliphatic hydroxyl groups excluding tert-OH is 1. The lowest BCUT2D eigenvalue weighted by Gasteiger charge is -2.09. The molecule has 1 N–H and O–H groups in total. The fourth-order valence-electron chi connectivity index (χ4n) is 1.95. The van der Waals surface area contributed by atoms with Crippen molar-refractivity contribution in [3.63, 3.8) is 0 Å². The molecule has 0 aliphatic rings. The van der Waals surface area contributed by atoms with Gasteiger partial charge in [-0.1, -0.05) is 24.3 Å². The van der Waals surface area contributed by atoms with Gasteiger partial charge in [-0.15, -0.1) is 0 Å². The molecule has 3 nitrogen and oxygen atoms in total. The Balaban J connectivity index is 1.89. The predicted molar refractivity (Wildman–Crippen MR) is 79.2 cm³/mol. The monoisotopic (exact) mass is 272 g/mol. The van der Waals surface area contributed by atoms with Crippen molar-refractivity contribution >= 4 is 0 Å². The normalized spacial score (nSPS) is 11.9. The van der Waals surface area contributed by atoms with Gasteiger partial charge in [0.25, 0.3) is 0 Å². The van der Waals surface area contributed by atoms with Crippen molar-refractivity contribution in [2.24, 2.45) is 0 Å². The fraction of sp³-hybridized carbons (Fsp3) is 0.294. The van der Waals surface area contributed by atoms with Gasteiger partial charge < -0.3 is 14.6 Å². The van der Waals surface area contributed by atoms with Gasteiger partial charge in [-0.3, -0.25) is 0 Å². The first-order valence-electron chi connectivity index (χ1n) is 6.70. The summed E-state index contributed by atoms with van der Waals surface area (Å²) < 4.78 is 10.8. The van der Waals surface area contributed by atoms with Gasteiger partial charge in [-0.05, 0) is 48.7 Å². The van der Waals surface area contributed by atoms with Gasteiger partial charge >= 0.3 is 0 Å². The lowest BCUT2D eigenvalue weighted by molar-refractivity contribution is 0.195. The molecule has 0 saturated heterocycles.